The van der Waals surface area contributed by atoms with Crippen LogP contribution in [0.4, 0.5) is 15.4 Å². The van der Waals surface area contributed by atoms with Crippen LogP contribution in [0.3, 0.4) is 0 Å². The van der Waals surface area contributed by atoms with Crippen LogP contribution in [0, 0.1) is 5.92 Å². The molecule has 2 saturated heterocycles. The van der Waals surface area contributed by atoms with Gasteiger partial charge in [0, 0.05) is 16.7 Å². The van der Waals surface area contributed by atoms with Crippen LogP contribution in [0.2, 0.25) is 0 Å². The Labute approximate surface area is 267 Å². The van der Waals surface area contributed by atoms with Gasteiger partial charge in [0.05, 0.1) is 23.1 Å². The number of nitrogens with zero attached hydrogens (tertiary/aromatic N) is 6. The third kappa shape index (κ3) is 7.98. The van der Waals surface area contributed by atoms with E-state index in [1.165, 1.54) is 11.2 Å². The predicted molar refractivity (Wildman–Crippen MR) is 165 cm³/mol. The van der Waals surface area contributed by atoms with Crippen LogP contribution in [0.25, 0.3) is 21.5 Å². The van der Waals surface area contributed by atoms with Gasteiger partial charge in [-0.25, -0.2) is 24.4 Å². The molecule has 5 atom stereocenters. The van der Waals surface area contributed by atoms with Crippen LogP contribution in [0.5, 0.6) is 0 Å². The molecule has 2 aliphatic heterocycles. The minimum Gasteiger partial charge on any atom is -0.462 e. The number of alkyl carbamates (subject to hydrolysis) is 1. The van der Waals surface area contributed by atoms with Gasteiger partial charge in [-0.1, -0.05) is 13.8 Å². The molecule has 46 heavy (non-hydrogen) atoms. The number of ether oxygens (including phenoxy) is 5. The molecule has 0 aromatic carbocycles. The third-order valence-electron chi connectivity index (χ3n) is 7.13. The number of aromatic nitrogens is 3. The van der Waals surface area contributed by atoms with E-state index in [9.17, 15) is 14.4 Å². The third-order valence-corrected chi connectivity index (χ3v) is 7.13. The van der Waals surface area contributed by atoms with Crippen molar-refractivity contribution in [1.29, 1.82) is 0 Å². The highest BCUT2D eigenvalue weighted by molar-refractivity contribution is 5.88. The number of azide groups is 1. The molecular weight excluding hydrogens is 600 g/mol. The summed E-state index contributed by atoms with van der Waals surface area (Å²) in [4.78, 5) is 55.8. The molecule has 2 aromatic rings. The SMILES string of the molecule is CC(C)CC(NC(=O)OC(C)(C)C)C(=O)OC[C@@H]1[C@H]2OC(C)(C)O[C@H]2[C@H](c2c[nH]c3c(N=[N+]=[N-])ncnc23)N1C(=O)OC(C)(C)C. The van der Waals surface area contributed by atoms with Crippen molar-refractivity contribution in [1.82, 2.24) is 25.2 Å². The van der Waals surface area contributed by atoms with E-state index in [-0.39, 0.29) is 18.3 Å². The van der Waals surface area contributed by atoms with E-state index >= 15 is 0 Å². The summed E-state index contributed by atoms with van der Waals surface area (Å²) in [5.41, 5.74) is 8.71. The number of amides is 2. The molecule has 0 bridgehead atoms. The number of hydrogen-bond acceptors (Lipinski definition) is 11. The first-order valence-electron chi connectivity index (χ1n) is 15.2. The molecule has 1 unspecified atom stereocenters. The molecule has 0 aliphatic carbocycles. The van der Waals surface area contributed by atoms with Crippen molar-refractivity contribution in [2.24, 2.45) is 11.0 Å². The number of nitrogens with one attached hydrogen (secondary N) is 2. The number of fused-ring (bicyclic) bond motifs is 2. The minimum atomic E-state index is -1.04. The molecule has 0 radical (unpaired) electrons. The Bertz CT molecular complexity index is 1500. The van der Waals surface area contributed by atoms with Crippen molar-refractivity contribution in [3.63, 3.8) is 0 Å². The van der Waals surface area contributed by atoms with Gasteiger partial charge < -0.3 is 34.0 Å². The van der Waals surface area contributed by atoms with Crippen LogP contribution in [-0.2, 0) is 28.5 Å². The largest absolute Gasteiger partial charge is 0.462 e. The Kier molecular flexibility index (Phi) is 9.76. The fourth-order valence-electron chi connectivity index (χ4n) is 5.64. The summed E-state index contributed by atoms with van der Waals surface area (Å²) in [5, 5.41) is 6.27. The molecule has 16 heteroatoms. The lowest BCUT2D eigenvalue weighted by atomic mass is 10.0. The van der Waals surface area contributed by atoms with E-state index in [0.717, 1.165) is 0 Å². The van der Waals surface area contributed by atoms with E-state index in [1.807, 2.05) is 13.8 Å². The molecule has 4 rings (SSSR count). The smallest absolute Gasteiger partial charge is 0.411 e. The quantitative estimate of drug-likeness (QED) is 0.120. The molecule has 2 amide bonds. The number of hydrogen-bond donors (Lipinski definition) is 2. The molecule has 2 N–H and O–H groups in total. The molecule has 2 fully saturated rings. The zero-order valence-electron chi connectivity index (χ0n) is 28.0. The van der Waals surface area contributed by atoms with Crippen molar-refractivity contribution in [3.8, 4) is 0 Å². The average molecular weight is 645 g/mol. The molecule has 0 spiro atoms. The maximum atomic E-state index is 13.9. The van der Waals surface area contributed by atoms with Crippen LogP contribution in [0.1, 0.15) is 87.3 Å². The van der Waals surface area contributed by atoms with Crippen molar-refractivity contribution >= 4 is 35.0 Å². The van der Waals surface area contributed by atoms with E-state index < -0.39 is 65.5 Å². The van der Waals surface area contributed by atoms with E-state index in [0.29, 0.717) is 23.0 Å². The summed E-state index contributed by atoms with van der Waals surface area (Å²) in [5.74, 6) is -1.61. The second-order valence-electron chi connectivity index (χ2n) is 14.3. The maximum absolute atomic E-state index is 13.9. The fraction of sp³-hybridized carbons (Fsp3) is 0.700. The summed E-state index contributed by atoms with van der Waals surface area (Å²) in [6.45, 7) is 17.4. The van der Waals surface area contributed by atoms with E-state index in [2.05, 4.69) is 30.3 Å². The molecule has 252 valence electrons. The van der Waals surface area contributed by atoms with Crippen molar-refractivity contribution in [2.45, 2.75) is 123 Å². The molecule has 0 saturated carbocycles. The fourth-order valence-corrected chi connectivity index (χ4v) is 5.64. The lowest BCUT2D eigenvalue weighted by Crippen LogP contribution is -2.49. The highest BCUT2D eigenvalue weighted by Crippen LogP contribution is 2.49. The van der Waals surface area contributed by atoms with Crippen molar-refractivity contribution in [2.75, 3.05) is 6.61 Å². The first-order valence-corrected chi connectivity index (χ1v) is 15.2. The van der Waals surface area contributed by atoms with Crippen LogP contribution >= 0.6 is 0 Å². The molecule has 16 nitrogen and oxygen atoms in total. The standard InChI is InChI=1S/C30H44N8O8/c1-15(2)11-17(35-26(40)45-28(3,4)5)25(39)42-13-18-22-23(44-30(9,10)43-22)21(38(18)27(41)46-29(6,7)8)16-12-32-20-19(16)33-14-34-24(20)36-37-31/h12,14-15,17-18,21-23,32H,11,13H2,1-10H3,(H,35,40)/t17?,18-,21+,22-,23+/m1/s1. The first-order chi connectivity index (χ1) is 21.3. The minimum absolute atomic E-state index is 0.0393. The first kappa shape index (κ1) is 34.7. The zero-order chi connectivity index (χ0) is 34.2. The summed E-state index contributed by atoms with van der Waals surface area (Å²) < 4.78 is 29.7. The van der Waals surface area contributed by atoms with Gasteiger partial charge in [-0.2, -0.15) is 0 Å². The monoisotopic (exact) mass is 644 g/mol. The normalized spacial score (nSPS) is 23.1. The van der Waals surface area contributed by atoms with E-state index in [4.69, 9.17) is 29.2 Å². The van der Waals surface area contributed by atoms with Gasteiger partial charge in [-0.05, 0) is 78.4 Å². The molecule has 4 heterocycles. The molecule has 2 aromatic heterocycles. The number of aromatic amines is 1. The number of carbonyl (C=O) groups is 3. The highest BCUT2D eigenvalue weighted by Gasteiger charge is 2.61. The summed E-state index contributed by atoms with van der Waals surface area (Å²) in [6, 6.07) is -2.68. The number of likely N-dealkylation sites (tertiary alicyclic amines) is 1. The van der Waals surface area contributed by atoms with Crippen LogP contribution in [-0.4, -0.2) is 85.9 Å². The highest BCUT2D eigenvalue weighted by atomic mass is 16.8. The number of rotatable bonds is 8. The van der Waals surface area contributed by atoms with Gasteiger partial charge in [0.2, 0.25) is 0 Å². The number of esters is 1. The van der Waals surface area contributed by atoms with Gasteiger partial charge in [-0.15, -0.1) is 0 Å². The van der Waals surface area contributed by atoms with Crippen molar-refractivity contribution in [3.05, 3.63) is 28.5 Å². The maximum Gasteiger partial charge on any atom is 0.411 e. The summed E-state index contributed by atoms with van der Waals surface area (Å²) >= 11 is 0. The van der Waals surface area contributed by atoms with Gasteiger partial charge in [-0.3, -0.25) is 4.90 Å². The van der Waals surface area contributed by atoms with Crippen LogP contribution in [0.15, 0.2) is 17.6 Å². The topological polar surface area (TPSA) is 203 Å². The Hall–Kier alpha value is -4.14. The Morgan fingerprint density at radius 1 is 1.11 bits per heavy atom. The Morgan fingerprint density at radius 2 is 1.76 bits per heavy atom. The van der Waals surface area contributed by atoms with E-state index in [1.54, 1.807) is 61.6 Å². The Morgan fingerprint density at radius 3 is 2.37 bits per heavy atom. The van der Waals surface area contributed by atoms with Gasteiger partial charge in [0.1, 0.15) is 42.4 Å². The lowest BCUT2D eigenvalue weighted by Gasteiger charge is -2.35. The average Bonchev–Trinajstić information content (AvgIpc) is 3.54. The number of carbonyl (C=O) groups excluding carboxylic acids is 3. The van der Waals surface area contributed by atoms with Gasteiger partial charge in [0.15, 0.2) is 11.6 Å². The number of H-pyrrole nitrogens is 1. The van der Waals surface area contributed by atoms with Crippen LogP contribution < -0.4 is 5.32 Å². The molecular formula is C30H44N8O8. The van der Waals surface area contributed by atoms with Gasteiger partial charge >= 0.3 is 18.2 Å². The zero-order valence-corrected chi connectivity index (χ0v) is 28.0. The lowest BCUT2D eigenvalue weighted by molar-refractivity contribution is -0.172. The summed E-state index contributed by atoms with van der Waals surface area (Å²) in [6.07, 6.45) is 0.282. The van der Waals surface area contributed by atoms with Gasteiger partial charge in [0.25, 0.3) is 0 Å². The molecule has 2 aliphatic rings. The Balaban J connectivity index is 1.71. The van der Waals surface area contributed by atoms with Crippen molar-refractivity contribution < 1.29 is 38.1 Å². The second-order valence-corrected chi connectivity index (χ2v) is 14.3. The second kappa shape index (κ2) is 12.9. The summed E-state index contributed by atoms with van der Waals surface area (Å²) in [7, 11) is 0. The predicted octanol–water partition coefficient (Wildman–Crippen LogP) is 5.56.